The van der Waals surface area contributed by atoms with Gasteiger partial charge in [0.25, 0.3) is 0 Å². The van der Waals surface area contributed by atoms with E-state index in [1.54, 1.807) is 0 Å². The van der Waals surface area contributed by atoms with Crippen molar-refractivity contribution in [3.05, 3.63) is 35.9 Å². The largest absolute Gasteiger partial charge is 0.374 e. The summed E-state index contributed by atoms with van der Waals surface area (Å²) in [5.41, 5.74) is 1.42. The molecule has 0 unspecified atom stereocenters. The normalized spacial score (nSPS) is 25.8. The molecule has 0 radical (unpaired) electrons. The average molecular weight is 260 g/mol. The van der Waals surface area contributed by atoms with Gasteiger partial charge in [0.05, 0.1) is 12.2 Å². The zero-order chi connectivity index (χ0) is 12.9. The lowest BCUT2D eigenvalue weighted by atomic mass is 10.1. The Morgan fingerprint density at radius 2 is 1.84 bits per heavy atom. The van der Waals surface area contributed by atoms with Gasteiger partial charge in [-0.1, -0.05) is 30.3 Å². The highest BCUT2D eigenvalue weighted by Crippen LogP contribution is 2.19. The Labute approximate surface area is 115 Å². The molecular weight excluding hydrogens is 236 g/mol. The Hall–Kier alpha value is -0.900. The van der Waals surface area contributed by atoms with Crippen LogP contribution in [0.15, 0.2) is 30.3 Å². The lowest BCUT2D eigenvalue weighted by molar-refractivity contribution is -0.0346. The van der Waals surface area contributed by atoms with E-state index in [1.165, 1.54) is 37.9 Å². The summed E-state index contributed by atoms with van der Waals surface area (Å²) in [4.78, 5) is 2.54. The Morgan fingerprint density at radius 1 is 1.05 bits per heavy atom. The lowest BCUT2D eigenvalue weighted by Crippen LogP contribution is -2.38. The molecule has 0 spiro atoms. The number of nitrogens with one attached hydrogen (secondary N) is 1. The van der Waals surface area contributed by atoms with Crippen LogP contribution < -0.4 is 5.32 Å². The van der Waals surface area contributed by atoms with E-state index in [4.69, 9.17) is 4.74 Å². The third kappa shape index (κ3) is 3.78. The number of rotatable bonds is 4. The first kappa shape index (κ1) is 13.1. The van der Waals surface area contributed by atoms with Gasteiger partial charge in [-0.3, -0.25) is 4.90 Å². The van der Waals surface area contributed by atoms with Crippen molar-refractivity contribution in [1.29, 1.82) is 0 Å². The fourth-order valence-corrected chi connectivity index (χ4v) is 3.06. The molecule has 1 N–H and O–H groups in total. The first-order chi connectivity index (χ1) is 9.40. The second-order valence-corrected chi connectivity index (χ2v) is 5.71. The molecular formula is C16H24N2O. The maximum Gasteiger partial charge on any atom is 0.0715 e. The van der Waals surface area contributed by atoms with E-state index < -0.39 is 0 Å². The second-order valence-electron chi connectivity index (χ2n) is 5.71. The molecule has 3 heteroatoms. The molecule has 0 aliphatic carbocycles. The van der Waals surface area contributed by atoms with E-state index in [0.717, 1.165) is 19.6 Å². The van der Waals surface area contributed by atoms with Crippen molar-refractivity contribution in [3.8, 4) is 0 Å². The van der Waals surface area contributed by atoms with E-state index in [0.29, 0.717) is 12.2 Å². The summed E-state index contributed by atoms with van der Waals surface area (Å²) < 4.78 is 6.16. The molecule has 0 saturated carbocycles. The van der Waals surface area contributed by atoms with E-state index >= 15 is 0 Å². The minimum atomic E-state index is 0.464. The number of nitrogens with zero attached hydrogens (tertiary/aromatic N) is 1. The van der Waals surface area contributed by atoms with E-state index in [2.05, 4.69) is 40.5 Å². The third-order valence-corrected chi connectivity index (χ3v) is 4.18. The third-order valence-electron chi connectivity index (χ3n) is 4.18. The van der Waals surface area contributed by atoms with Crippen molar-refractivity contribution in [2.24, 2.45) is 0 Å². The molecule has 0 bridgehead atoms. The van der Waals surface area contributed by atoms with Crippen LogP contribution in [0.4, 0.5) is 0 Å². The number of ether oxygens (including phenoxy) is 1. The van der Waals surface area contributed by atoms with Crippen LogP contribution in [-0.4, -0.2) is 43.3 Å². The molecule has 2 heterocycles. The van der Waals surface area contributed by atoms with Crippen LogP contribution in [0.5, 0.6) is 0 Å². The van der Waals surface area contributed by atoms with Crippen molar-refractivity contribution < 1.29 is 4.74 Å². The number of hydrogen-bond acceptors (Lipinski definition) is 3. The predicted molar refractivity (Wildman–Crippen MR) is 77.1 cm³/mol. The molecule has 19 heavy (non-hydrogen) atoms. The fraction of sp³-hybridized carbons (Fsp3) is 0.625. The summed E-state index contributed by atoms with van der Waals surface area (Å²) in [5.74, 6) is 0. The van der Waals surface area contributed by atoms with Crippen LogP contribution in [0.1, 0.15) is 24.8 Å². The van der Waals surface area contributed by atoms with E-state index in [1.807, 2.05) is 0 Å². The summed E-state index contributed by atoms with van der Waals surface area (Å²) >= 11 is 0. The molecule has 2 saturated heterocycles. The van der Waals surface area contributed by atoms with Gasteiger partial charge < -0.3 is 10.1 Å². The summed E-state index contributed by atoms with van der Waals surface area (Å²) in [6, 6.07) is 10.8. The summed E-state index contributed by atoms with van der Waals surface area (Å²) in [7, 11) is 0. The average Bonchev–Trinajstić information content (AvgIpc) is 2.95. The topological polar surface area (TPSA) is 24.5 Å². The minimum absolute atomic E-state index is 0.464. The van der Waals surface area contributed by atoms with Gasteiger partial charge in [-0.05, 0) is 31.4 Å². The quantitative estimate of drug-likeness (QED) is 0.896. The highest BCUT2D eigenvalue weighted by Gasteiger charge is 2.24. The van der Waals surface area contributed by atoms with Gasteiger partial charge in [0.2, 0.25) is 0 Å². The van der Waals surface area contributed by atoms with Crippen LogP contribution in [0.3, 0.4) is 0 Å². The van der Waals surface area contributed by atoms with Gasteiger partial charge in [-0.2, -0.15) is 0 Å². The molecule has 1 aromatic carbocycles. The maximum atomic E-state index is 6.16. The number of piperidine rings is 1. The van der Waals surface area contributed by atoms with Crippen LogP contribution >= 0.6 is 0 Å². The second kappa shape index (κ2) is 6.51. The van der Waals surface area contributed by atoms with Gasteiger partial charge in [0, 0.05) is 26.2 Å². The fourth-order valence-electron chi connectivity index (χ4n) is 3.06. The van der Waals surface area contributed by atoms with Gasteiger partial charge in [0.15, 0.2) is 0 Å². The zero-order valence-corrected chi connectivity index (χ0v) is 11.6. The lowest BCUT2D eigenvalue weighted by Gasteiger charge is -2.33. The van der Waals surface area contributed by atoms with Crippen molar-refractivity contribution in [3.63, 3.8) is 0 Å². The molecule has 3 rings (SSSR count). The van der Waals surface area contributed by atoms with Crippen LogP contribution in [-0.2, 0) is 11.3 Å². The van der Waals surface area contributed by atoms with Crippen LogP contribution in [0.2, 0.25) is 0 Å². The van der Waals surface area contributed by atoms with Crippen molar-refractivity contribution in [1.82, 2.24) is 10.2 Å². The van der Waals surface area contributed by atoms with Gasteiger partial charge in [0.1, 0.15) is 0 Å². The molecule has 0 aromatic heterocycles. The SMILES string of the molecule is c1ccc(CN2CCC(O[C@H]3CCNC3)CC2)cc1. The van der Waals surface area contributed by atoms with E-state index in [-0.39, 0.29) is 0 Å². The summed E-state index contributed by atoms with van der Waals surface area (Å²) in [6.07, 6.45) is 4.50. The Balaban J connectivity index is 1.41. The number of likely N-dealkylation sites (tertiary alicyclic amines) is 1. The smallest absolute Gasteiger partial charge is 0.0715 e. The first-order valence-electron chi connectivity index (χ1n) is 7.52. The Kier molecular flexibility index (Phi) is 4.49. The Morgan fingerprint density at radius 3 is 2.53 bits per heavy atom. The molecule has 2 fully saturated rings. The van der Waals surface area contributed by atoms with Crippen LogP contribution in [0, 0.1) is 0 Å². The van der Waals surface area contributed by atoms with Crippen molar-refractivity contribution in [2.75, 3.05) is 26.2 Å². The molecule has 1 atom stereocenters. The van der Waals surface area contributed by atoms with Gasteiger partial charge in [-0.25, -0.2) is 0 Å². The predicted octanol–water partition coefficient (Wildman–Crippen LogP) is 2.03. The molecule has 2 aliphatic rings. The summed E-state index contributed by atoms with van der Waals surface area (Å²) in [5, 5.41) is 3.37. The molecule has 104 valence electrons. The van der Waals surface area contributed by atoms with E-state index in [9.17, 15) is 0 Å². The Bertz CT molecular complexity index is 368. The molecule has 3 nitrogen and oxygen atoms in total. The van der Waals surface area contributed by atoms with Gasteiger partial charge in [-0.15, -0.1) is 0 Å². The first-order valence-corrected chi connectivity index (χ1v) is 7.52. The standard InChI is InChI=1S/C16H24N2O/c1-2-4-14(5-3-1)13-18-10-7-15(8-11-18)19-16-6-9-17-12-16/h1-5,15-17H,6-13H2/t16-/m0/s1. The zero-order valence-electron chi connectivity index (χ0n) is 11.6. The maximum absolute atomic E-state index is 6.16. The van der Waals surface area contributed by atoms with Crippen molar-refractivity contribution >= 4 is 0 Å². The molecule has 0 amide bonds. The molecule has 1 aromatic rings. The van der Waals surface area contributed by atoms with Gasteiger partial charge >= 0.3 is 0 Å². The number of benzene rings is 1. The highest BCUT2D eigenvalue weighted by atomic mass is 16.5. The monoisotopic (exact) mass is 260 g/mol. The van der Waals surface area contributed by atoms with Crippen LogP contribution in [0.25, 0.3) is 0 Å². The molecule has 2 aliphatic heterocycles. The minimum Gasteiger partial charge on any atom is -0.374 e. The number of hydrogen-bond donors (Lipinski definition) is 1. The van der Waals surface area contributed by atoms with Crippen molar-refractivity contribution in [2.45, 2.75) is 38.0 Å². The summed E-state index contributed by atoms with van der Waals surface area (Å²) in [6.45, 7) is 5.58. The highest BCUT2D eigenvalue weighted by molar-refractivity contribution is 5.14.